The van der Waals surface area contributed by atoms with E-state index >= 15 is 0 Å². The van der Waals surface area contributed by atoms with Crippen LogP contribution in [0.3, 0.4) is 0 Å². The maximum atomic E-state index is 8.06. The first-order chi connectivity index (χ1) is 7.70. The van der Waals surface area contributed by atoms with Gasteiger partial charge in [0.05, 0.1) is 0 Å². The van der Waals surface area contributed by atoms with Crippen LogP contribution in [-0.4, -0.2) is 33.6 Å². The normalized spacial score (nSPS) is 10.9. The SMILES string of the molecule is CC(C)O.CC(C)O.CC(C)O.[CH]1C=CC=C1.[Ti]. The van der Waals surface area contributed by atoms with Crippen LogP contribution in [0.2, 0.25) is 0 Å². The van der Waals surface area contributed by atoms with Gasteiger partial charge in [-0.05, 0) is 41.5 Å². The van der Waals surface area contributed by atoms with Crippen LogP contribution in [0.5, 0.6) is 0 Å². The zero-order chi connectivity index (χ0) is 14.3. The van der Waals surface area contributed by atoms with Crippen molar-refractivity contribution in [2.45, 2.75) is 59.9 Å². The molecule has 0 amide bonds. The number of hydrogen-bond acceptors (Lipinski definition) is 3. The van der Waals surface area contributed by atoms with Gasteiger partial charge in [-0.3, -0.25) is 0 Å². The molecule has 0 spiro atoms. The van der Waals surface area contributed by atoms with Crippen molar-refractivity contribution in [2.75, 3.05) is 0 Å². The molecule has 0 aromatic rings. The van der Waals surface area contributed by atoms with E-state index in [0.29, 0.717) is 0 Å². The second kappa shape index (κ2) is 22.3. The molecule has 0 aliphatic heterocycles. The molecule has 0 fully saturated rings. The second-order valence-electron chi connectivity index (χ2n) is 4.24. The Labute approximate surface area is 128 Å². The van der Waals surface area contributed by atoms with Crippen LogP contribution in [0.1, 0.15) is 41.5 Å². The van der Waals surface area contributed by atoms with E-state index in [4.69, 9.17) is 15.3 Å². The molecule has 0 atom stereocenters. The van der Waals surface area contributed by atoms with Crippen LogP contribution >= 0.6 is 0 Å². The molecular formula is C14H29O3Ti. The standard InChI is InChI=1S/C5H5.3C3H8O.Ti/c1-2-4-5-3-1;3*1-3(2)4;/h1-5H;3*3-4H,1-2H3;. The van der Waals surface area contributed by atoms with E-state index in [1.165, 1.54) is 0 Å². The Morgan fingerprint density at radius 3 is 0.778 bits per heavy atom. The predicted molar refractivity (Wildman–Crippen MR) is 74.6 cm³/mol. The fraction of sp³-hybridized carbons (Fsp3) is 0.643. The van der Waals surface area contributed by atoms with Gasteiger partial charge in [0, 0.05) is 46.5 Å². The van der Waals surface area contributed by atoms with Crippen molar-refractivity contribution in [3.8, 4) is 0 Å². The van der Waals surface area contributed by atoms with E-state index in [1.807, 2.05) is 30.7 Å². The maximum absolute atomic E-state index is 8.06. The molecule has 1 rings (SSSR count). The zero-order valence-corrected chi connectivity index (χ0v) is 14.0. The number of allylic oxidation sites excluding steroid dienone is 4. The summed E-state index contributed by atoms with van der Waals surface area (Å²) in [4.78, 5) is 0. The van der Waals surface area contributed by atoms with Crippen molar-refractivity contribution in [3.63, 3.8) is 0 Å². The molecule has 1 aliphatic carbocycles. The van der Waals surface area contributed by atoms with Crippen LogP contribution < -0.4 is 0 Å². The van der Waals surface area contributed by atoms with E-state index < -0.39 is 0 Å². The van der Waals surface area contributed by atoms with E-state index in [2.05, 4.69) is 0 Å². The van der Waals surface area contributed by atoms with E-state index in [-0.39, 0.29) is 40.0 Å². The smallest absolute Gasteiger partial charge is 0.0483 e. The molecule has 1 radical (unpaired) electrons. The summed E-state index contributed by atoms with van der Waals surface area (Å²) in [5.41, 5.74) is 0. The first kappa shape index (κ1) is 26.6. The van der Waals surface area contributed by atoms with E-state index in [0.717, 1.165) is 0 Å². The minimum absolute atomic E-state index is 0. The van der Waals surface area contributed by atoms with Gasteiger partial charge >= 0.3 is 0 Å². The first-order valence-corrected chi connectivity index (χ1v) is 5.91. The summed E-state index contributed by atoms with van der Waals surface area (Å²) >= 11 is 0. The van der Waals surface area contributed by atoms with Gasteiger partial charge in [-0.15, -0.1) is 0 Å². The minimum Gasteiger partial charge on any atom is -0.394 e. The molecule has 4 heteroatoms. The molecule has 0 aromatic heterocycles. The van der Waals surface area contributed by atoms with Crippen LogP contribution in [-0.2, 0) is 21.7 Å². The molecule has 0 saturated heterocycles. The van der Waals surface area contributed by atoms with Crippen molar-refractivity contribution in [2.24, 2.45) is 0 Å². The Morgan fingerprint density at radius 1 is 0.556 bits per heavy atom. The van der Waals surface area contributed by atoms with E-state index in [1.54, 1.807) is 41.5 Å². The summed E-state index contributed by atoms with van der Waals surface area (Å²) in [5.74, 6) is 0. The van der Waals surface area contributed by atoms with Gasteiger partial charge < -0.3 is 15.3 Å². The van der Waals surface area contributed by atoms with Gasteiger partial charge in [-0.25, -0.2) is 0 Å². The second-order valence-corrected chi connectivity index (χ2v) is 4.24. The van der Waals surface area contributed by atoms with Gasteiger partial charge in [0.2, 0.25) is 0 Å². The topological polar surface area (TPSA) is 60.7 Å². The fourth-order valence-corrected chi connectivity index (χ4v) is 0.321. The van der Waals surface area contributed by atoms with Crippen LogP contribution in [0, 0.1) is 6.42 Å². The summed E-state index contributed by atoms with van der Waals surface area (Å²) in [7, 11) is 0. The van der Waals surface area contributed by atoms with Crippen LogP contribution in [0.4, 0.5) is 0 Å². The first-order valence-electron chi connectivity index (χ1n) is 5.91. The number of hydrogen-bond donors (Lipinski definition) is 3. The quantitative estimate of drug-likeness (QED) is 0.601. The summed E-state index contributed by atoms with van der Waals surface area (Å²) in [5, 5.41) is 24.2. The van der Waals surface area contributed by atoms with E-state index in [9.17, 15) is 0 Å². The van der Waals surface area contributed by atoms with Crippen molar-refractivity contribution >= 4 is 0 Å². The maximum Gasteiger partial charge on any atom is 0.0483 e. The predicted octanol–water partition coefficient (Wildman–Crippen LogP) is 2.48. The summed E-state index contributed by atoms with van der Waals surface area (Å²) in [6.45, 7) is 10.3. The minimum atomic E-state index is -0.167. The number of aliphatic hydroxyl groups is 3. The van der Waals surface area contributed by atoms with Gasteiger partial charge in [0.1, 0.15) is 0 Å². The number of rotatable bonds is 0. The Balaban J connectivity index is -0.0000000719. The summed E-state index contributed by atoms with van der Waals surface area (Å²) < 4.78 is 0. The average Bonchev–Trinajstić information content (AvgIpc) is 2.53. The Bertz CT molecular complexity index is 143. The fourth-order valence-electron chi connectivity index (χ4n) is 0.321. The third-order valence-electron chi connectivity index (χ3n) is 0.556. The van der Waals surface area contributed by atoms with Crippen molar-refractivity contribution in [3.05, 3.63) is 30.7 Å². The third kappa shape index (κ3) is 142. The Morgan fingerprint density at radius 2 is 0.722 bits per heavy atom. The summed E-state index contributed by atoms with van der Waals surface area (Å²) in [6.07, 6.45) is 9.50. The Hall–Kier alpha value is 0.0743. The molecule has 0 unspecified atom stereocenters. The third-order valence-corrected chi connectivity index (χ3v) is 0.556. The molecule has 0 saturated carbocycles. The van der Waals surface area contributed by atoms with Gasteiger partial charge in [0.15, 0.2) is 0 Å². The molecule has 0 bridgehead atoms. The van der Waals surface area contributed by atoms with Crippen molar-refractivity contribution < 1.29 is 37.0 Å². The van der Waals surface area contributed by atoms with Crippen LogP contribution in [0.25, 0.3) is 0 Å². The number of aliphatic hydroxyl groups excluding tert-OH is 3. The van der Waals surface area contributed by atoms with Crippen molar-refractivity contribution in [1.29, 1.82) is 0 Å². The van der Waals surface area contributed by atoms with Crippen molar-refractivity contribution in [1.82, 2.24) is 0 Å². The van der Waals surface area contributed by atoms with Gasteiger partial charge in [-0.2, -0.15) is 0 Å². The Kier molecular flexibility index (Phi) is 32.9. The zero-order valence-electron chi connectivity index (χ0n) is 12.5. The largest absolute Gasteiger partial charge is 0.394 e. The van der Waals surface area contributed by atoms with Gasteiger partial charge in [-0.1, -0.05) is 24.3 Å². The molecule has 0 aromatic carbocycles. The summed E-state index contributed by atoms with van der Waals surface area (Å²) in [6, 6.07) is 0. The molecule has 1 aliphatic rings. The average molecular weight is 293 g/mol. The molecule has 0 heterocycles. The molecule has 107 valence electrons. The monoisotopic (exact) mass is 293 g/mol. The molecule has 18 heavy (non-hydrogen) atoms. The molecule has 3 nitrogen and oxygen atoms in total. The van der Waals surface area contributed by atoms with Gasteiger partial charge in [0.25, 0.3) is 0 Å². The molecular weight excluding hydrogens is 264 g/mol. The van der Waals surface area contributed by atoms with Crippen LogP contribution in [0.15, 0.2) is 24.3 Å². The molecule has 3 N–H and O–H groups in total.